The Balaban J connectivity index is 2.04. The lowest BCUT2D eigenvalue weighted by Gasteiger charge is -2.48. The first-order chi connectivity index (χ1) is 10.00. The number of nitrogens with one attached hydrogen (secondary N) is 1. The summed E-state index contributed by atoms with van der Waals surface area (Å²) in [5.74, 6) is -1.33. The molecule has 5 heteroatoms. The Morgan fingerprint density at radius 1 is 1.38 bits per heavy atom. The summed E-state index contributed by atoms with van der Waals surface area (Å²) in [6.07, 6.45) is 2.09. The van der Waals surface area contributed by atoms with Crippen molar-refractivity contribution in [2.75, 3.05) is 20.1 Å². The van der Waals surface area contributed by atoms with Crippen LogP contribution in [0.25, 0.3) is 0 Å². The van der Waals surface area contributed by atoms with Crippen molar-refractivity contribution in [2.24, 2.45) is 5.41 Å². The fourth-order valence-corrected chi connectivity index (χ4v) is 3.92. The highest BCUT2D eigenvalue weighted by molar-refractivity contribution is 6.02. The van der Waals surface area contributed by atoms with Gasteiger partial charge in [0.1, 0.15) is 5.82 Å². The van der Waals surface area contributed by atoms with E-state index in [1.807, 2.05) is 7.05 Å². The van der Waals surface area contributed by atoms with Crippen molar-refractivity contribution in [2.45, 2.75) is 25.2 Å². The van der Waals surface area contributed by atoms with Gasteiger partial charge >= 0.3 is 0 Å². The van der Waals surface area contributed by atoms with Gasteiger partial charge in [-0.25, -0.2) is 4.39 Å². The van der Waals surface area contributed by atoms with E-state index in [0.717, 1.165) is 19.4 Å². The molecule has 2 fully saturated rings. The van der Waals surface area contributed by atoms with E-state index in [2.05, 4.69) is 10.2 Å². The Hall–Kier alpha value is -1.75. The minimum atomic E-state index is -0.464. The monoisotopic (exact) mass is 290 g/mol. The molecular formula is C16H19FN2O2. The molecule has 0 radical (unpaired) electrons. The van der Waals surface area contributed by atoms with Crippen molar-refractivity contribution in [1.29, 1.82) is 0 Å². The van der Waals surface area contributed by atoms with Crippen molar-refractivity contribution < 1.29 is 14.0 Å². The fourth-order valence-electron chi connectivity index (χ4n) is 3.92. The Morgan fingerprint density at radius 2 is 2.19 bits per heavy atom. The number of carbonyl (C=O) groups is 2. The van der Waals surface area contributed by atoms with Gasteiger partial charge in [-0.05, 0) is 44.1 Å². The third kappa shape index (κ3) is 2.58. The third-order valence-electron chi connectivity index (χ3n) is 4.63. The van der Waals surface area contributed by atoms with Gasteiger partial charge in [0, 0.05) is 18.4 Å². The molecule has 3 rings (SSSR count). The average molecular weight is 290 g/mol. The smallest absolute Gasteiger partial charge is 0.234 e. The summed E-state index contributed by atoms with van der Waals surface area (Å²) in [6.45, 7) is 1.65. The van der Waals surface area contributed by atoms with Gasteiger partial charge in [0.05, 0.1) is 5.92 Å². The number of amides is 2. The Kier molecular flexibility index (Phi) is 3.53. The zero-order valence-electron chi connectivity index (χ0n) is 12.1. The number of benzene rings is 1. The molecule has 2 atom stereocenters. The molecule has 0 saturated carbocycles. The van der Waals surface area contributed by atoms with Crippen molar-refractivity contribution in [3.05, 3.63) is 35.6 Å². The topological polar surface area (TPSA) is 49.4 Å². The second-order valence-electron chi connectivity index (χ2n) is 6.28. The summed E-state index contributed by atoms with van der Waals surface area (Å²) in [4.78, 5) is 26.5. The Labute approximate surface area is 123 Å². The molecule has 21 heavy (non-hydrogen) atoms. The Bertz CT molecular complexity index is 589. The van der Waals surface area contributed by atoms with E-state index in [4.69, 9.17) is 0 Å². The lowest BCUT2D eigenvalue weighted by molar-refractivity contribution is -0.142. The van der Waals surface area contributed by atoms with Crippen LogP contribution >= 0.6 is 0 Å². The quantitative estimate of drug-likeness (QED) is 0.800. The molecule has 2 unspecified atom stereocenters. The van der Waals surface area contributed by atoms with E-state index in [0.29, 0.717) is 18.5 Å². The number of carbonyl (C=O) groups excluding carboxylic acids is 2. The van der Waals surface area contributed by atoms with E-state index in [9.17, 15) is 14.0 Å². The molecule has 2 heterocycles. The molecule has 2 saturated heterocycles. The highest BCUT2D eigenvalue weighted by atomic mass is 19.1. The predicted molar refractivity (Wildman–Crippen MR) is 76.1 cm³/mol. The van der Waals surface area contributed by atoms with Crippen LogP contribution in [0.2, 0.25) is 0 Å². The summed E-state index contributed by atoms with van der Waals surface area (Å²) >= 11 is 0. The van der Waals surface area contributed by atoms with E-state index in [1.165, 1.54) is 12.1 Å². The highest BCUT2D eigenvalue weighted by Crippen LogP contribution is 2.47. The zero-order valence-corrected chi connectivity index (χ0v) is 12.1. The number of hydrogen-bond acceptors (Lipinski definition) is 3. The second-order valence-corrected chi connectivity index (χ2v) is 6.28. The first-order valence-corrected chi connectivity index (χ1v) is 7.28. The van der Waals surface area contributed by atoms with E-state index in [-0.39, 0.29) is 17.6 Å². The van der Waals surface area contributed by atoms with Crippen LogP contribution in [-0.2, 0) is 9.59 Å². The van der Waals surface area contributed by atoms with Gasteiger partial charge in [-0.3, -0.25) is 14.9 Å². The predicted octanol–water partition coefficient (Wildman–Crippen LogP) is 1.67. The minimum Gasteiger partial charge on any atom is -0.306 e. The van der Waals surface area contributed by atoms with Crippen molar-refractivity contribution >= 4 is 11.8 Å². The number of nitrogens with zero attached hydrogens (tertiary/aromatic N) is 1. The van der Waals surface area contributed by atoms with Crippen LogP contribution in [0, 0.1) is 11.2 Å². The fraction of sp³-hybridized carbons (Fsp3) is 0.500. The average Bonchev–Trinajstić information content (AvgIpc) is 2.37. The summed E-state index contributed by atoms with van der Waals surface area (Å²) in [5.41, 5.74) is 0.246. The molecule has 2 aliphatic heterocycles. The molecule has 1 aromatic rings. The van der Waals surface area contributed by atoms with Crippen LogP contribution in [0.5, 0.6) is 0 Å². The zero-order chi connectivity index (χ0) is 15.0. The summed E-state index contributed by atoms with van der Waals surface area (Å²) in [6, 6.07) is 6.18. The maximum atomic E-state index is 13.5. The van der Waals surface area contributed by atoms with Crippen molar-refractivity contribution in [1.82, 2.24) is 10.2 Å². The minimum absolute atomic E-state index is 0.219. The molecule has 2 amide bonds. The van der Waals surface area contributed by atoms with E-state index >= 15 is 0 Å². The molecule has 112 valence electrons. The van der Waals surface area contributed by atoms with E-state index < -0.39 is 11.3 Å². The molecule has 0 aliphatic carbocycles. The van der Waals surface area contributed by atoms with Crippen LogP contribution in [-0.4, -0.2) is 36.9 Å². The summed E-state index contributed by atoms with van der Waals surface area (Å²) < 4.78 is 13.5. The van der Waals surface area contributed by atoms with Crippen molar-refractivity contribution in [3.8, 4) is 0 Å². The number of likely N-dealkylation sites (tertiary alicyclic amines) is 1. The van der Waals surface area contributed by atoms with Gasteiger partial charge < -0.3 is 4.90 Å². The second kappa shape index (κ2) is 5.22. The molecule has 1 N–H and O–H groups in total. The summed E-state index contributed by atoms with van der Waals surface area (Å²) in [7, 11) is 2.00. The number of piperidine rings is 2. The van der Waals surface area contributed by atoms with Crippen LogP contribution in [0.4, 0.5) is 4.39 Å². The van der Waals surface area contributed by atoms with E-state index in [1.54, 1.807) is 12.1 Å². The summed E-state index contributed by atoms with van der Waals surface area (Å²) in [5, 5.41) is 2.41. The largest absolute Gasteiger partial charge is 0.306 e. The normalized spacial score (nSPS) is 30.5. The van der Waals surface area contributed by atoms with Gasteiger partial charge in [0.15, 0.2) is 0 Å². The van der Waals surface area contributed by atoms with Gasteiger partial charge in [-0.1, -0.05) is 12.1 Å². The first kappa shape index (κ1) is 14.2. The number of rotatable bonds is 1. The molecule has 4 nitrogen and oxygen atoms in total. The third-order valence-corrected chi connectivity index (χ3v) is 4.63. The molecule has 0 bridgehead atoms. The number of imide groups is 1. The van der Waals surface area contributed by atoms with Gasteiger partial charge in [-0.15, -0.1) is 0 Å². The molecule has 1 spiro atoms. The lowest BCUT2D eigenvalue weighted by atomic mass is 9.63. The standard InChI is InChI=1S/C16H19FN2O2/c1-19-7-3-6-16(10-19)9-13(20)18-15(21)14(16)11-4-2-5-12(17)8-11/h2,4-5,8,14H,3,6-7,9-10H2,1H3,(H,18,20,21). The number of halogens is 1. The van der Waals surface area contributed by atoms with Gasteiger partial charge in [0.2, 0.25) is 11.8 Å². The molecule has 2 aliphatic rings. The van der Waals surface area contributed by atoms with Crippen LogP contribution in [0.3, 0.4) is 0 Å². The van der Waals surface area contributed by atoms with Crippen LogP contribution in [0.1, 0.15) is 30.7 Å². The molecular weight excluding hydrogens is 271 g/mol. The lowest BCUT2D eigenvalue weighted by Crippen LogP contribution is -2.56. The van der Waals surface area contributed by atoms with Gasteiger partial charge in [-0.2, -0.15) is 0 Å². The molecule has 0 aromatic heterocycles. The van der Waals surface area contributed by atoms with Crippen LogP contribution < -0.4 is 5.32 Å². The van der Waals surface area contributed by atoms with Crippen LogP contribution in [0.15, 0.2) is 24.3 Å². The number of hydrogen-bond donors (Lipinski definition) is 1. The van der Waals surface area contributed by atoms with Gasteiger partial charge in [0.25, 0.3) is 0 Å². The van der Waals surface area contributed by atoms with Crippen molar-refractivity contribution in [3.63, 3.8) is 0 Å². The highest BCUT2D eigenvalue weighted by Gasteiger charge is 2.50. The Morgan fingerprint density at radius 3 is 2.90 bits per heavy atom. The maximum absolute atomic E-state index is 13.5. The molecule has 1 aromatic carbocycles. The first-order valence-electron chi connectivity index (χ1n) is 7.28. The SMILES string of the molecule is CN1CCCC2(CC(=O)NC(=O)C2c2cccc(F)c2)C1. The maximum Gasteiger partial charge on any atom is 0.234 e.